The van der Waals surface area contributed by atoms with Gasteiger partial charge in [-0.15, -0.1) is 0 Å². The highest BCUT2D eigenvalue weighted by Crippen LogP contribution is 2.38. The number of fused-ring (bicyclic) bond motifs is 2. The van der Waals surface area contributed by atoms with Crippen LogP contribution in [-0.4, -0.2) is 42.1 Å². The standard InChI is InChI=1S/C35H31ClN4O4/c1-43-27-11-7-9-23(18-27)28-20-33(44-2)29(19-30(28)36)35(42)40-22-26-13-14-32(39(26)21-24-8-3-4-12-31(24)40)34(41)38-17-15-25-10-5-6-16-37-25/h3-14,16,18-20H,15,17,21-22H2,1-2H3,(H,38,41). The van der Waals surface area contributed by atoms with E-state index in [1.54, 1.807) is 30.3 Å². The molecule has 1 aliphatic rings. The normalized spacial score (nSPS) is 12.1. The van der Waals surface area contributed by atoms with Gasteiger partial charge in [0.25, 0.3) is 11.8 Å². The van der Waals surface area contributed by atoms with Crippen LogP contribution in [0, 0.1) is 0 Å². The number of aromatic nitrogens is 2. The van der Waals surface area contributed by atoms with Crippen LogP contribution < -0.4 is 19.7 Å². The number of nitrogens with one attached hydrogen (secondary N) is 1. The summed E-state index contributed by atoms with van der Waals surface area (Å²) in [5, 5.41) is 3.43. The summed E-state index contributed by atoms with van der Waals surface area (Å²) >= 11 is 6.78. The molecule has 2 aromatic heterocycles. The van der Waals surface area contributed by atoms with Gasteiger partial charge < -0.3 is 24.3 Å². The van der Waals surface area contributed by atoms with Crippen molar-refractivity contribution in [2.24, 2.45) is 0 Å². The summed E-state index contributed by atoms with van der Waals surface area (Å²) in [7, 11) is 3.15. The lowest BCUT2D eigenvalue weighted by molar-refractivity contribution is 0.0944. The van der Waals surface area contributed by atoms with Crippen LogP contribution in [0.2, 0.25) is 5.02 Å². The van der Waals surface area contributed by atoms with E-state index in [1.807, 2.05) is 83.4 Å². The lowest BCUT2D eigenvalue weighted by Gasteiger charge is -2.24. The van der Waals surface area contributed by atoms with Gasteiger partial charge in [-0.05, 0) is 65.7 Å². The lowest BCUT2D eigenvalue weighted by atomic mass is 10.0. The molecule has 3 heterocycles. The molecule has 0 unspecified atom stereocenters. The number of methoxy groups -OCH3 is 2. The van der Waals surface area contributed by atoms with Crippen molar-refractivity contribution in [3.63, 3.8) is 0 Å². The van der Waals surface area contributed by atoms with E-state index in [0.29, 0.717) is 47.3 Å². The van der Waals surface area contributed by atoms with Crippen LogP contribution in [0.25, 0.3) is 11.1 Å². The molecule has 222 valence electrons. The molecule has 1 N–H and O–H groups in total. The molecule has 0 saturated heterocycles. The number of para-hydroxylation sites is 1. The second-order valence-corrected chi connectivity index (χ2v) is 10.8. The maximum Gasteiger partial charge on any atom is 0.267 e. The number of hydrogen-bond acceptors (Lipinski definition) is 5. The first-order valence-corrected chi connectivity index (χ1v) is 14.6. The molecule has 9 heteroatoms. The zero-order valence-corrected chi connectivity index (χ0v) is 25.2. The summed E-state index contributed by atoms with van der Waals surface area (Å²) in [5.41, 5.74) is 5.87. The first-order valence-electron chi connectivity index (χ1n) is 14.2. The smallest absolute Gasteiger partial charge is 0.267 e. The average molecular weight is 607 g/mol. The quantitative estimate of drug-likeness (QED) is 0.221. The Morgan fingerprint density at radius 3 is 2.55 bits per heavy atom. The number of hydrogen-bond donors (Lipinski definition) is 1. The average Bonchev–Trinajstić information content (AvgIpc) is 3.37. The van der Waals surface area contributed by atoms with Gasteiger partial charge in [-0.3, -0.25) is 14.6 Å². The number of pyridine rings is 1. The van der Waals surface area contributed by atoms with Crippen molar-refractivity contribution in [3.05, 3.63) is 130 Å². The third-order valence-electron chi connectivity index (χ3n) is 7.77. The number of carbonyl (C=O) groups is 2. The topological polar surface area (TPSA) is 85.7 Å². The van der Waals surface area contributed by atoms with Crippen LogP contribution in [0.3, 0.4) is 0 Å². The van der Waals surface area contributed by atoms with E-state index in [4.69, 9.17) is 21.1 Å². The second kappa shape index (κ2) is 12.7. The molecular weight excluding hydrogens is 576 g/mol. The number of carbonyl (C=O) groups excluding carboxylic acids is 2. The van der Waals surface area contributed by atoms with Gasteiger partial charge in [0.15, 0.2) is 0 Å². The van der Waals surface area contributed by atoms with Gasteiger partial charge in [0.2, 0.25) is 0 Å². The highest BCUT2D eigenvalue weighted by molar-refractivity contribution is 6.34. The SMILES string of the molecule is COc1cccc(-c2cc(OC)c(C(=O)N3Cc4ccc(C(=O)NCCc5ccccn5)n4Cc4ccccc43)cc2Cl)c1. The Bertz CT molecular complexity index is 1840. The number of halogens is 1. The van der Waals surface area contributed by atoms with Crippen molar-refractivity contribution in [1.29, 1.82) is 0 Å². The molecule has 6 rings (SSSR count). The molecule has 1 aliphatic heterocycles. The summed E-state index contributed by atoms with van der Waals surface area (Å²) < 4.78 is 13.1. The van der Waals surface area contributed by atoms with E-state index in [-0.39, 0.29) is 18.4 Å². The number of nitrogens with zero attached hydrogens (tertiary/aromatic N) is 3. The Morgan fingerprint density at radius 2 is 1.75 bits per heavy atom. The van der Waals surface area contributed by atoms with Gasteiger partial charge in [0, 0.05) is 46.8 Å². The molecule has 0 aliphatic carbocycles. The minimum absolute atomic E-state index is 0.175. The van der Waals surface area contributed by atoms with Crippen molar-refractivity contribution in [3.8, 4) is 22.6 Å². The van der Waals surface area contributed by atoms with Gasteiger partial charge in [-0.2, -0.15) is 0 Å². The summed E-state index contributed by atoms with van der Waals surface area (Å²) in [5.74, 6) is 0.667. The Kier molecular flexibility index (Phi) is 8.34. The fraction of sp³-hybridized carbons (Fsp3) is 0.171. The van der Waals surface area contributed by atoms with Crippen molar-refractivity contribution >= 4 is 29.1 Å². The zero-order valence-electron chi connectivity index (χ0n) is 24.4. The van der Waals surface area contributed by atoms with Gasteiger partial charge in [0.05, 0.1) is 32.9 Å². The molecule has 0 atom stereocenters. The predicted octanol–water partition coefficient (Wildman–Crippen LogP) is 6.40. The molecule has 2 amide bonds. The van der Waals surface area contributed by atoms with E-state index in [2.05, 4.69) is 10.3 Å². The maximum absolute atomic E-state index is 14.3. The summed E-state index contributed by atoms with van der Waals surface area (Å²) in [4.78, 5) is 33.6. The highest BCUT2D eigenvalue weighted by Gasteiger charge is 2.29. The van der Waals surface area contributed by atoms with Crippen molar-refractivity contribution in [2.45, 2.75) is 19.5 Å². The third-order valence-corrected chi connectivity index (χ3v) is 8.09. The first kappa shape index (κ1) is 29.0. The van der Waals surface area contributed by atoms with E-state index in [1.165, 1.54) is 7.11 Å². The lowest BCUT2D eigenvalue weighted by Crippen LogP contribution is -2.31. The fourth-order valence-electron chi connectivity index (χ4n) is 5.53. The van der Waals surface area contributed by atoms with Crippen molar-refractivity contribution in [1.82, 2.24) is 14.9 Å². The number of amides is 2. The monoisotopic (exact) mass is 606 g/mol. The van der Waals surface area contributed by atoms with Crippen LogP contribution in [0.5, 0.6) is 11.5 Å². The molecule has 5 aromatic rings. The number of ether oxygens (including phenoxy) is 2. The van der Waals surface area contributed by atoms with Crippen molar-refractivity contribution in [2.75, 3.05) is 25.7 Å². The minimum atomic E-state index is -0.260. The van der Waals surface area contributed by atoms with Gasteiger partial charge in [-0.1, -0.05) is 48.0 Å². The van der Waals surface area contributed by atoms with Gasteiger partial charge >= 0.3 is 0 Å². The van der Waals surface area contributed by atoms with Crippen molar-refractivity contribution < 1.29 is 19.1 Å². The number of rotatable bonds is 8. The molecule has 0 bridgehead atoms. The number of benzene rings is 3. The molecule has 8 nitrogen and oxygen atoms in total. The van der Waals surface area contributed by atoms with Gasteiger partial charge in [-0.25, -0.2) is 0 Å². The van der Waals surface area contributed by atoms with E-state index in [0.717, 1.165) is 33.8 Å². The van der Waals surface area contributed by atoms with Crippen LogP contribution >= 0.6 is 11.6 Å². The van der Waals surface area contributed by atoms with Crippen LogP contribution in [0.15, 0.2) is 97.2 Å². The van der Waals surface area contributed by atoms with E-state index >= 15 is 0 Å². The van der Waals surface area contributed by atoms with Crippen LogP contribution in [0.4, 0.5) is 5.69 Å². The summed E-state index contributed by atoms with van der Waals surface area (Å²) in [6.45, 7) is 1.16. The summed E-state index contributed by atoms with van der Waals surface area (Å²) in [6.07, 6.45) is 2.37. The van der Waals surface area contributed by atoms with E-state index < -0.39 is 0 Å². The maximum atomic E-state index is 14.3. The molecule has 0 radical (unpaired) electrons. The molecule has 44 heavy (non-hydrogen) atoms. The van der Waals surface area contributed by atoms with E-state index in [9.17, 15) is 9.59 Å². The Labute approximate surface area is 260 Å². The molecule has 3 aromatic carbocycles. The molecular formula is C35H31ClN4O4. The molecule has 0 saturated carbocycles. The van der Waals surface area contributed by atoms with Crippen LogP contribution in [-0.2, 0) is 19.5 Å². The second-order valence-electron chi connectivity index (χ2n) is 10.4. The number of anilines is 1. The largest absolute Gasteiger partial charge is 0.497 e. The minimum Gasteiger partial charge on any atom is -0.497 e. The van der Waals surface area contributed by atoms with Crippen LogP contribution in [0.1, 0.15) is 37.8 Å². The molecule has 0 fully saturated rings. The zero-order chi connectivity index (χ0) is 30.6. The third kappa shape index (κ3) is 5.76. The predicted molar refractivity (Wildman–Crippen MR) is 171 cm³/mol. The first-order chi connectivity index (χ1) is 21.5. The Hall–Kier alpha value is -5.08. The Morgan fingerprint density at radius 1 is 0.909 bits per heavy atom. The summed E-state index contributed by atoms with van der Waals surface area (Å²) in [6, 6.07) is 28.2. The fourth-order valence-corrected chi connectivity index (χ4v) is 5.80. The highest BCUT2D eigenvalue weighted by atomic mass is 35.5. The van der Waals surface area contributed by atoms with Gasteiger partial charge in [0.1, 0.15) is 17.2 Å². The Balaban J connectivity index is 1.30. The molecule has 0 spiro atoms.